The zero-order valence-electron chi connectivity index (χ0n) is 9.41. The van der Waals surface area contributed by atoms with Gasteiger partial charge in [0.1, 0.15) is 22.6 Å². The number of nitrogens with one attached hydrogen (secondary N) is 1. The topological polar surface area (TPSA) is 35.8 Å². The second kappa shape index (κ2) is 5.71. The fourth-order valence-corrected chi connectivity index (χ4v) is 2.29. The smallest absolute Gasteiger partial charge is 0.130 e. The van der Waals surface area contributed by atoms with Crippen molar-refractivity contribution in [2.75, 3.05) is 0 Å². The lowest BCUT2D eigenvalue weighted by Crippen LogP contribution is -2.12. The molecule has 0 atom stereocenters. The van der Waals surface area contributed by atoms with E-state index < -0.39 is 11.6 Å². The highest BCUT2D eigenvalue weighted by atomic mass is 32.1. The van der Waals surface area contributed by atoms with E-state index in [0.29, 0.717) is 23.5 Å². The first-order chi connectivity index (χ1) is 8.69. The Balaban J connectivity index is 1.90. The van der Waals surface area contributed by atoms with Crippen LogP contribution in [0.2, 0.25) is 0 Å². The summed E-state index contributed by atoms with van der Waals surface area (Å²) < 4.78 is 26.0. The Morgan fingerprint density at radius 1 is 1.17 bits per heavy atom. The van der Waals surface area contributed by atoms with Crippen LogP contribution in [0.15, 0.2) is 30.3 Å². The molecule has 0 aliphatic rings. The van der Waals surface area contributed by atoms with Crippen LogP contribution in [0.4, 0.5) is 8.78 Å². The molecule has 0 fully saturated rings. The van der Waals surface area contributed by atoms with E-state index in [1.807, 2.05) is 6.07 Å². The van der Waals surface area contributed by atoms with E-state index in [1.165, 1.54) is 23.5 Å². The normalized spacial score (nSPS) is 10.3. The molecule has 0 saturated carbocycles. The Morgan fingerprint density at radius 3 is 2.67 bits per heavy atom. The van der Waals surface area contributed by atoms with Gasteiger partial charge in [0.25, 0.3) is 0 Å². The molecule has 1 N–H and O–H groups in total. The lowest BCUT2D eigenvalue weighted by molar-refractivity contribution is 0.560. The van der Waals surface area contributed by atoms with Gasteiger partial charge in [-0.1, -0.05) is 6.07 Å². The minimum Gasteiger partial charge on any atom is -0.308 e. The van der Waals surface area contributed by atoms with Crippen LogP contribution < -0.4 is 5.32 Å². The Hall–Kier alpha value is -1.77. The zero-order valence-corrected chi connectivity index (χ0v) is 10.2. The Morgan fingerprint density at radius 2 is 2.00 bits per heavy atom. The van der Waals surface area contributed by atoms with Crippen molar-refractivity contribution < 1.29 is 8.78 Å². The van der Waals surface area contributed by atoms with Crippen molar-refractivity contribution in [2.45, 2.75) is 13.1 Å². The van der Waals surface area contributed by atoms with Crippen LogP contribution in [0.25, 0.3) is 0 Å². The Bertz CT molecular complexity index is 587. The van der Waals surface area contributed by atoms with E-state index >= 15 is 0 Å². The summed E-state index contributed by atoms with van der Waals surface area (Å²) in [6.07, 6.45) is 0. The molecule has 18 heavy (non-hydrogen) atoms. The van der Waals surface area contributed by atoms with Crippen molar-refractivity contribution >= 4 is 11.3 Å². The van der Waals surface area contributed by atoms with Crippen LogP contribution in [0.1, 0.15) is 15.3 Å². The summed E-state index contributed by atoms with van der Waals surface area (Å²) in [7, 11) is 0. The quantitative estimate of drug-likeness (QED) is 0.920. The SMILES string of the molecule is N#Cc1ccc(CNCc2ccc(F)cc2F)s1. The van der Waals surface area contributed by atoms with Crippen LogP contribution in [0, 0.1) is 23.0 Å². The lowest BCUT2D eigenvalue weighted by atomic mass is 10.2. The second-order valence-corrected chi connectivity index (χ2v) is 4.89. The van der Waals surface area contributed by atoms with Gasteiger partial charge in [-0.05, 0) is 18.2 Å². The third-order valence-electron chi connectivity index (χ3n) is 2.40. The van der Waals surface area contributed by atoms with E-state index in [4.69, 9.17) is 5.26 Å². The van der Waals surface area contributed by atoms with Gasteiger partial charge in [-0.2, -0.15) is 5.26 Å². The van der Waals surface area contributed by atoms with Crippen molar-refractivity contribution in [3.63, 3.8) is 0 Å². The number of hydrogen-bond acceptors (Lipinski definition) is 3. The van der Waals surface area contributed by atoms with E-state index in [2.05, 4.69) is 11.4 Å². The van der Waals surface area contributed by atoms with E-state index in [0.717, 1.165) is 10.9 Å². The maximum atomic E-state index is 13.3. The molecule has 5 heteroatoms. The molecular formula is C13H10F2N2S. The van der Waals surface area contributed by atoms with Gasteiger partial charge >= 0.3 is 0 Å². The Labute approximate surface area is 107 Å². The van der Waals surface area contributed by atoms with Gasteiger partial charge in [0.2, 0.25) is 0 Å². The zero-order chi connectivity index (χ0) is 13.0. The molecule has 0 bridgehead atoms. The maximum Gasteiger partial charge on any atom is 0.130 e. The van der Waals surface area contributed by atoms with Gasteiger partial charge < -0.3 is 5.32 Å². The molecule has 0 radical (unpaired) electrons. The van der Waals surface area contributed by atoms with Crippen LogP contribution in [0.3, 0.4) is 0 Å². The molecular weight excluding hydrogens is 254 g/mol. The molecule has 1 aromatic carbocycles. The van der Waals surface area contributed by atoms with Gasteiger partial charge in [-0.3, -0.25) is 0 Å². The highest BCUT2D eigenvalue weighted by molar-refractivity contribution is 7.12. The molecule has 0 saturated heterocycles. The fourth-order valence-electron chi connectivity index (χ4n) is 1.52. The third kappa shape index (κ3) is 3.13. The van der Waals surface area contributed by atoms with Crippen LogP contribution in [0.5, 0.6) is 0 Å². The predicted octanol–water partition coefficient (Wildman–Crippen LogP) is 3.19. The molecule has 1 aromatic heterocycles. The van der Waals surface area contributed by atoms with Crippen molar-refractivity contribution in [3.8, 4) is 6.07 Å². The summed E-state index contributed by atoms with van der Waals surface area (Å²) in [4.78, 5) is 1.66. The number of benzene rings is 1. The number of rotatable bonds is 4. The van der Waals surface area contributed by atoms with Crippen molar-refractivity contribution in [1.29, 1.82) is 5.26 Å². The molecule has 2 nitrogen and oxygen atoms in total. The third-order valence-corrected chi connectivity index (χ3v) is 3.39. The summed E-state index contributed by atoms with van der Waals surface area (Å²) in [5.41, 5.74) is 0.425. The first-order valence-electron chi connectivity index (χ1n) is 5.32. The van der Waals surface area contributed by atoms with Gasteiger partial charge in [-0.15, -0.1) is 11.3 Å². The lowest BCUT2D eigenvalue weighted by Gasteiger charge is -2.04. The monoisotopic (exact) mass is 264 g/mol. The Kier molecular flexibility index (Phi) is 4.03. The number of hydrogen-bond donors (Lipinski definition) is 1. The molecule has 2 rings (SSSR count). The van der Waals surface area contributed by atoms with Crippen molar-refractivity contribution in [2.24, 2.45) is 0 Å². The molecule has 2 aromatic rings. The molecule has 0 amide bonds. The average molecular weight is 264 g/mol. The molecule has 0 spiro atoms. The van der Waals surface area contributed by atoms with E-state index in [-0.39, 0.29) is 0 Å². The maximum absolute atomic E-state index is 13.3. The van der Waals surface area contributed by atoms with Crippen LogP contribution in [-0.4, -0.2) is 0 Å². The van der Waals surface area contributed by atoms with E-state index in [9.17, 15) is 8.78 Å². The largest absolute Gasteiger partial charge is 0.308 e. The number of nitriles is 1. The summed E-state index contributed by atoms with van der Waals surface area (Å²) in [6.45, 7) is 0.884. The second-order valence-electron chi connectivity index (χ2n) is 3.72. The van der Waals surface area contributed by atoms with Crippen molar-refractivity contribution in [1.82, 2.24) is 5.32 Å². The van der Waals surface area contributed by atoms with Gasteiger partial charge in [-0.25, -0.2) is 8.78 Å². The summed E-state index contributed by atoms with van der Waals surface area (Å²) in [6, 6.07) is 9.20. The number of thiophene rings is 1. The van der Waals surface area contributed by atoms with Gasteiger partial charge in [0.15, 0.2) is 0 Å². The standard InChI is InChI=1S/C13H10F2N2S/c14-10-2-1-9(13(15)5-10)7-17-8-12-4-3-11(6-16)18-12/h1-5,17H,7-8H2. The molecule has 92 valence electrons. The van der Waals surface area contributed by atoms with Gasteiger partial charge in [0.05, 0.1) is 0 Å². The van der Waals surface area contributed by atoms with Crippen LogP contribution in [-0.2, 0) is 13.1 Å². The van der Waals surface area contributed by atoms with Crippen LogP contribution >= 0.6 is 11.3 Å². The van der Waals surface area contributed by atoms with E-state index in [1.54, 1.807) is 6.07 Å². The van der Waals surface area contributed by atoms with Crippen molar-refractivity contribution in [3.05, 3.63) is 57.3 Å². The minimum atomic E-state index is -0.576. The molecule has 0 aliphatic heterocycles. The molecule has 0 aliphatic carbocycles. The first kappa shape index (κ1) is 12.7. The fraction of sp³-hybridized carbons (Fsp3) is 0.154. The highest BCUT2D eigenvalue weighted by Crippen LogP contribution is 2.15. The molecule has 1 heterocycles. The summed E-state index contributed by atoms with van der Waals surface area (Å²) in [5, 5.41) is 11.7. The number of halogens is 2. The highest BCUT2D eigenvalue weighted by Gasteiger charge is 2.04. The average Bonchev–Trinajstić information content (AvgIpc) is 2.80. The predicted molar refractivity (Wildman–Crippen MR) is 65.9 cm³/mol. The van der Waals surface area contributed by atoms with Gasteiger partial charge in [0, 0.05) is 29.6 Å². The minimum absolute atomic E-state index is 0.325. The summed E-state index contributed by atoms with van der Waals surface area (Å²) >= 11 is 1.40. The first-order valence-corrected chi connectivity index (χ1v) is 6.14. The summed E-state index contributed by atoms with van der Waals surface area (Å²) in [5.74, 6) is -1.13. The number of nitrogens with zero attached hydrogens (tertiary/aromatic N) is 1. The molecule has 0 unspecified atom stereocenters.